The minimum Gasteiger partial charge on any atom is -0.493 e. The molecule has 1 aliphatic rings. The van der Waals surface area contributed by atoms with E-state index in [9.17, 15) is 0 Å². The summed E-state index contributed by atoms with van der Waals surface area (Å²) >= 11 is 0. The zero-order valence-electron chi connectivity index (χ0n) is 13.8. The van der Waals surface area contributed by atoms with Gasteiger partial charge in [-0.1, -0.05) is 19.9 Å². The largest absolute Gasteiger partial charge is 0.493 e. The van der Waals surface area contributed by atoms with Crippen LogP contribution in [0, 0.1) is 12.8 Å². The number of ether oxygens (including phenoxy) is 2. The maximum absolute atomic E-state index is 6.32. The number of aryl methyl sites for hydroxylation is 1. The third-order valence-electron chi connectivity index (χ3n) is 4.31. The molecule has 3 nitrogen and oxygen atoms in total. The van der Waals surface area contributed by atoms with Crippen molar-refractivity contribution < 1.29 is 9.47 Å². The number of nitrogens with one attached hydrogen (secondary N) is 1. The first-order chi connectivity index (χ1) is 10.1. The zero-order valence-corrected chi connectivity index (χ0v) is 13.8. The minimum absolute atomic E-state index is 0.233. The predicted molar refractivity (Wildman–Crippen MR) is 87.2 cm³/mol. The van der Waals surface area contributed by atoms with E-state index in [0.717, 1.165) is 36.8 Å². The van der Waals surface area contributed by atoms with E-state index in [2.05, 4.69) is 32.2 Å². The fraction of sp³-hybridized carbons (Fsp3) is 0.667. The molecule has 1 aromatic carbocycles. The highest BCUT2D eigenvalue weighted by molar-refractivity contribution is 5.42. The van der Waals surface area contributed by atoms with Crippen molar-refractivity contribution >= 4 is 0 Å². The molecular formula is C18H29NO2. The topological polar surface area (TPSA) is 30.5 Å². The highest BCUT2D eigenvalue weighted by atomic mass is 16.5. The van der Waals surface area contributed by atoms with E-state index in [1.165, 1.54) is 18.4 Å². The first-order valence-corrected chi connectivity index (χ1v) is 8.18. The van der Waals surface area contributed by atoms with Crippen LogP contribution in [0.5, 0.6) is 11.5 Å². The Morgan fingerprint density at radius 1 is 1.24 bits per heavy atom. The summed E-state index contributed by atoms with van der Waals surface area (Å²) < 4.78 is 11.8. The Balaban J connectivity index is 2.10. The van der Waals surface area contributed by atoms with Gasteiger partial charge in [0.15, 0.2) is 11.5 Å². The third kappa shape index (κ3) is 4.37. The highest BCUT2D eigenvalue weighted by Gasteiger charge is 2.30. The summed E-state index contributed by atoms with van der Waals surface area (Å²) in [4.78, 5) is 0. The summed E-state index contributed by atoms with van der Waals surface area (Å²) in [5.41, 5.74) is 1.19. The van der Waals surface area contributed by atoms with Crippen molar-refractivity contribution in [1.82, 2.24) is 5.32 Å². The van der Waals surface area contributed by atoms with Gasteiger partial charge in [0.2, 0.25) is 0 Å². The summed E-state index contributed by atoms with van der Waals surface area (Å²) in [5, 5.41) is 3.65. The molecule has 0 radical (unpaired) electrons. The van der Waals surface area contributed by atoms with E-state index in [-0.39, 0.29) is 6.10 Å². The Labute approximate surface area is 129 Å². The Hall–Kier alpha value is -1.22. The maximum atomic E-state index is 6.32. The van der Waals surface area contributed by atoms with Crippen molar-refractivity contribution in [2.24, 2.45) is 5.92 Å². The lowest BCUT2D eigenvalue weighted by Crippen LogP contribution is -2.47. The summed E-state index contributed by atoms with van der Waals surface area (Å²) in [6.07, 6.45) is 4.98. The van der Waals surface area contributed by atoms with Crippen molar-refractivity contribution in [2.75, 3.05) is 13.7 Å². The maximum Gasteiger partial charge on any atom is 0.161 e. The second kappa shape index (κ2) is 7.69. The van der Waals surface area contributed by atoms with Crippen molar-refractivity contribution in [2.45, 2.75) is 58.6 Å². The monoisotopic (exact) mass is 291 g/mol. The molecule has 1 saturated carbocycles. The number of benzene rings is 1. The molecule has 1 N–H and O–H groups in total. The Bertz CT molecular complexity index is 445. The van der Waals surface area contributed by atoms with Crippen LogP contribution in [0.15, 0.2) is 18.2 Å². The summed E-state index contributed by atoms with van der Waals surface area (Å²) in [7, 11) is 1.71. The number of rotatable bonds is 6. The van der Waals surface area contributed by atoms with E-state index < -0.39 is 0 Å². The molecule has 0 aliphatic heterocycles. The van der Waals surface area contributed by atoms with Gasteiger partial charge in [-0.05, 0) is 62.8 Å². The van der Waals surface area contributed by atoms with Gasteiger partial charge in [0.1, 0.15) is 6.10 Å². The van der Waals surface area contributed by atoms with Crippen molar-refractivity contribution in [3.05, 3.63) is 23.8 Å². The van der Waals surface area contributed by atoms with Gasteiger partial charge in [-0.25, -0.2) is 0 Å². The second-order valence-corrected chi connectivity index (χ2v) is 6.29. The van der Waals surface area contributed by atoms with Crippen LogP contribution in [0.25, 0.3) is 0 Å². The van der Waals surface area contributed by atoms with E-state index in [1.807, 2.05) is 12.1 Å². The van der Waals surface area contributed by atoms with Gasteiger partial charge in [-0.3, -0.25) is 0 Å². The Kier molecular flexibility index (Phi) is 5.92. The normalized spacial score (nSPS) is 25.6. The van der Waals surface area contributed by atoms with Crippen LogP contribution >= 0.6 is 0 Å². The molecule has 3 unspecified atom stereocenters. The predicted octanol–water partition coefficient (Wildman–Crippen LogP) is 3.94. The Morgan fingerprint density at radius 3 is 2.76 bits per heavy atom. The van der Waals surface area contributed by atoms with E-state index in [0.29, 0.717) is 6.04 Å². The first kappa shape index (κ1) is 16.2. The minimum atomic E-state index is 0.233. The smallest absolute Gasteiger partial charge is 0.161 e. The molecule has 118 valence electrons. The standard InChI is InChI=1S/C18H29NO2/c1-5-10-19-15-8-6-13(2)11-17(15)21-16-9-7-14(3)12-18(16)20-4/h7,9,12-13,15,17,19H,5-6,8,10-11H2,1-4H3. The van der Waals surface area contributed by atoms with Crippen LogP contribution in [0.1, 0.15) is 45.1 Å². The fourth-order valence-corrected chi connectivity index (χ4v) is 3.06. The molecule has 1 aliphatic carbocycles. The van der Waals surface area contributed by atoms with Gasteiger partial charge < -0.3 is 14.8 Å². The van der Waals surface area contributed by atoms with Crippen LogP contribution < -0.4 is 14.8 Å². The summed E-state index contributed by atoms with van der Waals surface area (Å²) in [6, 6.07) is 6.60. The lowest BCUT2D eigenvalue weighted by molar-refractivity contribution is 0.0880. The van der Waals surface area contributed by atoms with E-state index >= 15 is 0 Å². The molecule has 1 fully saturated rings. The summed E-state index contributed by atoms with van der Waals surface area (Å²) in [5.74, 6) is 2.43. The SMILES string of the molecule is CCCNC1CCC(C)CC1Oc1ccc(C)cc1OC. The third-order valence-corrected chi connectivity index (χ3v) is 4.31. The summed E-state index contributed by atoms with van der Waals surface area (Å²) in [6.45, 7) is 7.65. The van der Waals surface area contributed by atoms with Gasteiger partial charge in [0, 0.05) is 6.04 Å². The average molecular weight is 291 g/mol. The van der Waals surface area contributed by atoms with Gasteiger partial charge >= 0.3 is 0 Å². The van der Waals surface area contributed by atoms with Gasteiger partial charge in [-0.2, -0.15) is 0 Å². The van der Waals surface area contributed by atoms with Gasteiger partial charge in [0.05, 0.1) is 7.11 Å². The molecule has 1 aromatic rings. The van der Waals surface area contributed by atoms with Crippen molar-refractivity contribution in [1.29, 1.82) is 0 Å². The van der Waals surface area contributed by atoms with Crippen LogP contribution in [0.3, 0.4) is 0 Å². The van der Waals surface area contributed by atoms with Crippen LogP contribution in [-0.4, -0.2) is 25.8 Å². The van der Waals surface area contributed by atoms with Gasteiger partial charge in [-0.15, -0.1) is 0 Å². The molecule has 0 saturated heterocycles. The lowest BCUT2D eigenvalue weighted by atomic mass is 9.85. The van der Waals surface area contributed by atoms with Crippen LogP contribution in [0.4, 0.5) is 0 Å². The molecule has 0 heterocycles. The molecular weight excluding hydrogens is 262 g/mol. The highest BCUT2D eigenvalue weighted by Crippen LogP contribution is 2.33. The quantitative estimate of drug-likeness (QED) is 0.861. The second-order valence-electron chi connectivity index (χ2n) is 6.29. The van der Waals surface area contributed by atoms with Crippen molar-refractivity contribution in [3.8, 4) is 11.5 Å². The first-order valence-electron chi connectivity index (χ1n) is 8.18. The fourth-order valence-electron chi connectivity index (χ4n) is 3.06. The molecule has 0 amide bonds. The van der Waals surface area contributed by atoms with Crippen molar-refractivity contribution in [3.63, 3.8) is 0 Å². The van der Waals surface area contributed by atoms with E-state index in [1.54, 1.807) is 7.11 Å². The van der Waals surface area contributed by atoms with Crippen LogP contribution in [-0.2, 0) is 0 Å². The molecule has 3 heteroatoms. The molecule has 3 atom stereocenters. The molecule has 0 aromatic heterocycles. The molecule has 0 spiro atoms. The number of hydrogen-bond acceptors (Lipinski definition) is 3. The molecule has 0 bridgehead atoms. The lowest BCUT2D eigenvalue weighted by Gasteiger charge is -2.36. The zero-order chi connectivity index (χ0) is 15.2. The van der Waals surface area contributed by atoms with E-state index in [4.69, 9.17) is 9.47 Å². The van der Waals surface area contributed by atoms with Crippen LogP contribution in [0.2, 0.25) is 0 Å². The van der Waals surface area contributed by atoms with Gasteiger partial charge in [0.25, 0.3) is 0 Å². The molecule has 21 heavy (non-hydrogen) atoms. The number of methoxy groups -OCH3 is 1. The average Bonchev–Trinajstić information content (AvgIpc) is 2.48. The molecule has 2 rings (SSSR count). The number of hydrogen-bond donors (Lipinski definition) is 1. The Morgan fingerprint density at radius 2 is 2.05 bits per heavy atom.